The fourth-order valence-corrected chi connectivity index (χ4v) is 8.44. The van der Waals surface area contributed by atoms with E-state index in [0.29, 0.717) is 0 Å². The topological polar surface area (TPSA) is 233 Å². The van der Waals surface area contributed by atoms with Crippen LogP contribution in [0.25, 0.3) is 22.3 Å². The third-order valence-corrected chi connectivity index (χ3v) is 11.6. The molecule has 0 fully saturated rings. The first-order chi connectivity index (χ1) is 32.4. The molecule has 1 aromatic heterocycles. The monoisotopic (exact) mass is 926 g/mol. The van der Waals surface area contributed by atoms with Crippen LogP contribution in [0.15, 0.2) is 110 Å². The van der Waals surface area contributed by atoms with E-state index in [1.165, 1.54) is 26.4 Å². The Bertz CT molecular complexity index is 2650. The quantitative estimate of drug-likeness (QED) is 0.0548. The Morgan fingerprint density at radius 2 is 1.18 bits per heavy atom. The predicted octanol–water partition coefficient (Wildman–Crippen LogP) is 5.83. The van der Waals surface area contributed by atoms with Crippen molar-refractivity contribution < 1.29 is 52.9 Å². The number of carbonyl (C=O) groups excluding carboxylic acids is 6. The molecule has 354 valence electrons. The predicted molar refractivity (Wildman–Crippen MR) is 248 cm³/mol. The summed E-state index contributed by atoms with van der Waals surface area (Å²) in [5.41, 5.74) is 5.83. The molecule has 68 heavy (non-hydrogen) atoms. The van der Waals surface area contributed by atoms with Gasteiger partial charge in [-0.2, -0.15) is 0 Å². The van der Waals surface area contributed by atoms with E-state index in [2.05, 4.69) is 26.3 Å². The molecule has 0 unspecified atom stereocenters. The molecule has 4 amide bonds. The van der Waals surface area contributed by atoms with Crippen molar-refractivity contribution in [3.05, 3.63) is 138 Å². The number of carbonyl (C=O) groups is 7. The number of carboxylic acids is 1. The molecule has 4 aromatic carbocycles. The fraction of sp³-hybridized carbons (Fsp3) is 0.333. The van der Waals surface area contributed by atoms with E-state index < -0.39 is 71.6 Å². The van der Waals surface area contributed by atoms with Gasteiger partial charge in [0.15, 0.2) is 0 Å². The lowest BCUT2D eigenvalue weighted by Crippen LogP contribution is -2.62. The second-order valence-corrected chi connectivity index (χ2v) is 18.2. The zero-order valence-corrected chi connectivity index (χ0v) is 38.4. The van der Waals surface area contributed by atoms with Crippen LogP contribution in [0.4, 0.5) is 9.59 Å². The van der Waals surface area contributed by atoms with Gasteiger partial charge in [-0.3, -0.25) is 24.0 Å². The maximum Gasteiger partial charge on any atom is 0.419 e. The van der Waals surface area contributed by atoms with Gasteiger partial charge in [0.05, 0.1) is 5.69 Å². The highest BCUT2D eigenvalue weighted by Gasteiger charge is 2.37. The van der Waals surface area contributed by atoms with Crippen LogP contribution in [0.5, 0.6) is 0 Å². The highest BCUT2D eigenvalue weighted by Crippen LogP contribution is 2.45. The van der Waals surface area contributed by atoms with Gasteiger partial charge in [0.25, 0.3) is 0 Å². The number of nitrogens with zero attached hydrogens (tertiary/aromatic N) is 2. The summed E-state index contributed by atoms with van der Waals surface area (Å²) in [6.45, 7) is 6.95. The van der Waals surface area contributed by atoms with E-state index in [1.54, 1.807) is 20.8 Å². The summed E-state index contributed by atoms with van der Waals surface area (Å²) < 4.78 is 18.0. The van der Waals surface area contributed by atoms with Crippen molar-refractivity contribution in [3.63, 3.8) is 0 Å². The Morgan fingerprint density at radius 3 is 1.68 bits per heavy atom. The first kappa shape index (κ1) is 48.1. The molecule has 2 atom stereocenters. The largest absolute Gasteiger partial charge is 0.480 e. The Morgan fingerprint density at radius 1 is 0.676 bits per heavy atom. The molecule has 0 bridgehead atoms. The van der Waals surface area contributed by atoms with Gasteiger partial charge in [0.2, 0.25) is 17.7 Å². The average Bonchev–Trinajstić information content (AvgIpc) is 4.00. The second-order valence-electron chi connectivity index (χ2n) is 18.2. The Hall–Kier alpha value is -7.82. The zero-order chi connectivity index (χ0) is 48.8. The Labute approximate surface area is 393 Å². The third kappa shape index (κ3) is 11.4. The molecule has 2 aliphatic carbocycles. The van der Waals surface area contributed by atoms with E-state index in [1.807, 2.05) is 97.1 Å². The summed E-state index contributed by atoms with van der Waals surface area (Å²) in [7, 11) is 0. The molecular weight excluding hydrogens is 873 g/mol. The van der Waals surface area contributed by atoms with Crippen molar-refractivity contribution in [1.29, 1.82) is 0 Å². The fourth-order valence-electron chi connectivity index (χ4n) is 8.44. The van der Waals surface area contributed by atoms with Crippen LogP contribution < -0.4 is 21.3 Å². The van der Waals surface area contributed by atoms with Gasteiger partial charge >= 0.3 is 24.1 Å². The maximum atomic E-state index is 14.2. The van der Waals surface area contributed by atoms with Crippen molar-refractivity contribution in [2.75, 3.05) is 19.8 Å². The number of esters is 1. The molecule has 0 aliphatic heterocycles. The van der Waals surface area contributed by atoms with Gasteiger partial charge in [-0.05, 0) is 85.5 Å². The molecule has 17 heteroatoms. The summed E-state index contributed by atoms with van der Waals surface area (Å²) >= 11 is 0. The lowest BCUT2D eigenvalue weighted by atomic mass is 9.98. The van der Waals surface area contributed by atoms with Gasteiger partial charge < -0.3 is 40.6 Å². The SMILES string of the molecule is CC(C)(C)OC(=O)CC[C@H](NC(=O)C(C)(C)NC(=O)[C@H](Cc1cn(C(=O)OCC2c3ccccc3-c3ccccc32)cn1)NC(=O)OCC1c2ccccc2-c2ccccc21)C(=O)NCC(=O)O. The molecular formula is C51H54N6O11. The molecule has 5 aromatic rings. The maximum absolute atomic E-state index is 14.2. The minimum Gasteiger partial charge on any atom is -0.480 e. The smallest absolute Gasteiger partial charge is 0.419 e. The van der Waals surface area contributed by atoms with Crippen molar-refractivity contribution in [2.45, 2.75) is 88.9 Å². The number of ether oxygens (including phenoxy) is 3. The number of carboxylic acid groups (broad SMARTS) is 1. The van der Waals surface area contributed by atoms with Gasteiger partial charge in [-0.25, -0.2) is 19.1 Å². The molecule has 0 spiro atoms. The molecule has 0 saturated carbocycles. The number of nitrogens with one attached hydrogen (secondary N) is 4. The summed E-state index contributed by atoms with van der Waals surface area (Å²) in [5.74, 6) is -5.07. The molecule has 0 saturated heterocycles. The molecule has 1 heterocycles. The number of benzene rings is 4. The van der Waals surface area contributed by atoms with Crippen LogP contribution >= 0.6 is 0 Å². The van der Waals surface area contributed by atoms with E-state index >= 15 is 0 Å². The van der Waals surface area contributed by atoms with Gasteiger partial charge in [0, 0.05) is 30.9 Å². The van der Waals surface area contributed by atoms with Crippen LogP contribution in [-0.2, 0) is 44.6 Å². The second kappa shape index (κ2) is 20.4. The van der Waals surface area contributed by atoms with Gasteiger partial charge in [0.1, 0.15) is 49.3 Å². The number of hydrogen-bond donors (Lipinski definition) is 5. The summed E-state index contributed by atoms with van der Waals surface area (Å²) in [5, 5.41) is 19.1. The molecule has 2 aliphatic rings. The number of amides is 4. The minimum atomic E-state index is -1.77. The number of aromatic nitrogens is 2. The molecule has 5 N–H and O–H groups in total. The molecule has 7 rings (SSSR count). The van der Waals surface area contributed by atoms with Crippen molar-refractivity contribution >= 4 is 41.8 Å². The number of hydrogen-bond acceptors (Lipinski definition) is 11. The average molecular weight is 927 g/mol. The summed E-state index contributed by atoms with van der Waals surface area (Å²) in [4.78, 5) is 96.4. The van der Waals surface area contributed by atoms with Crippen LogP contribution in [-0.4, -0.2) is 99.5 Å². The highest BCUT2D eigenvalue weighted by molar-refractivity contribution is 5.96. The van der Waals surface area contributed by atoms with E-state index in [-0.39, 0.29) is 50.0 Å². The van der Waals surface area contributed by atoms with Crippen LogP contribution in [0, 0.1) is 0 Å². The first-order valence-electron chi connectivity index (χ1n) is 22.2. The van der Waals surface area contributed by atoms with Crippen LogP contribution in [0.2, 0.25) is 0 Å². The van der Waals surface area contributed by atoms with Crippen molar-refractivity contribution in [1.82, 2.24) is 30.8 Å². The normalized spacial score (nSPS) is 13.7. The highest BCUT2D eigenvalue weighted by atomic mass is 16.6. The standard InChI is InChI=1S/C51H54N6O11/c1-50(2,3)68-44(60)23-22-41(45(61)52-25-43(58)59)54-47(63)51(4,5)56-46(62)42(55-48(64)66-27-39-35-18-10-6-14-31(35)32-15-7-11-19-36(32)39)24-30-26-57(29-53-30)49(65)67-28-40-37-20-12-8-16-33(37)34-17-9-13-21-38(34)40/h6-21,26,29,39-42H,22-25,27-28H2,1-5H3,(H,52,61)(H,54,63)(H,55,64)(H,56,62)(H,58,59)/t41-,42-/m0/s1. The lowest BCUT2D eigenvalue weighted by Gasteiger charge is -2.30. The summed E-state index contributed by atoms with van der Waals surface area (Å²) in [6, 6.07) is 28.7. The van der Waals surface area contributed by atoms with Crippen LogP contribution in [0.3, 0.4) is 0 Å². The van der Waals surface area contributed by atoms with Crippen LogP contribution in [0.1, 0.15) is 87.2 Å². The van der Waals surface area contributed by atoms with Crippen molar-refractivity contribution in [3.8, 4) is 22.3 Å². The number of imidazole rings is 1. The Balaban J connectivity index is 1.06. The number of fused-ring (bicyclic) bond motifs is 6. The van der Waals surface area contributed by atoms with Gasteiger partial charge in [-0.1, -0.05) is 97.1 Å². The van der Waals surface area contributed by atoms with E-state index in [9.17, 15) is 33.6 Å². The first-order valence-corrected chi connectivity index (χ1v) is 22.2. The number of alkyl carbamates (subject to hydrolysis) is 1. The van der Waals surface area contributed by atoms with Crippen molar-refractivity contribution in [2.24, 2.45) is 0 Å². The van der Waals surface area contributed by atoms with Gasteiger partial charge in [-0.15, -0.1) is 0 Å². The summed E-state index contributed by atoms with van der Waals surface area (Å²) in [6.07, 6.45) is 0.124. The van der Waals surface area contributed by atoms with E-state index in [4.69, 9.17) is 19.3 Å². The van der Waals surface area contributed by atoms with E-state index in [0.717, 1.165) is 49.1 Å². The number of rotatable bonds is 17. The lowest BCUT2D eigenvalue weighted by molar-refractivity contribution is -0.155. The molecule has 0 radical (unpaired) electrons. The number of aliphatic carboxylic acids is 1. The molecule has 17 nitrogen and oxygen atoms in total. The third-order valence-electron chi connectivity index (χ3n) is 11.6. The zero-order valence-electron chi connectivity index (χ0n) is 38.4. The Kier molecular flexibility index (Phi) is 14.4. The minimum absolute atomic E-state index is 0.0506.